The van der Waals surface area contributed by atoms with Gasteiger partial charge < -0.3 is 24.3 Å². The summed E-state index contributed by atoms with van der Waals surface area (Å²) >= 11 is 0. The molecule has 3 rings (SSSR count). The molecule has 1 aliphatic rings. The van der Waals surface area contributed by atoms with Gasteiger partial charge in [-0.15, -0.1) is 10.2 Å². The number of carbonyl (C=O) groups excluding carboxylic acids is 2. The smallest absolute Gasteiger partial charge is 0.409 e. The molecule has 25 heavy (non-hydrogen) atoms. The van der Waals surface area contributed by atoms with Crippen molar-refractivity contribution in [3.63, 3.8) is 0 Å². The van der Waals surface area contributed by atoms with Crippen LogP contribution in [-0.4, -0.2) is 59.9 Å². The third-order valence-electron chi connectivity index (χ3n) is 3.77. The molecule has 0 aliphatic carbocycles. The maximum absolute atomic E-state index is 11.9. The molecule has 132 valence electrons. The van der Waals surface area contributed by atoms with Gasteiger partial charge in [-0.25, -0.2) is 4.79 Å². The molecule has 9 nitrogen and oxygen atoms in total. The van der Waals surface area contributed by atoms with Crippen molar-refractivity contribution in [2.24, 2.45) is 0 Å². The Morgan fingerprint density at radius 1 is 1.20 bits per heavy atom. The van der Waals surface area contributed by atoms with Gasteiger partial charge in [-0.3, -0.25) is 4.79 Å². The molecule has 0 spiro atoms. The Morgan fingerprint density at radius 2 is 2.00 bits per heavy atom. The van der Waals surface area contributed by atoms with Crippen LogP contribution in [0.25, 0.3) is 0 Å². The predicted octanol–water partition coefficient (Wildman–Crippen LogP) is 1.60. The first kappa shape index (κ1) is 16.7. The molecule has 3 heterocycles. The Kier molecular flexibility index (Phi) is 5.12. The van der Waals surface area contributed by atoms with Gasteiger partial charge in [0.1, 0.15) is 0 Å². The van der Waals surface area contributed by atoms with Crippen LogP contribution >= 0.6 is 0 Å². The van der Waals surface area contributed by atoms with Crippen molar-refractivity contribution in [3.8, 4) is 0 Å². The lowest BCUT2D eigenvalue weighted by Crippen LogP contribution is -2.49. The van der Waals surface area contributed by atoms with Gasteiger partial charge in [0.15, 0.2) is 17.4 Å². The minimum absolute atomic E-state index is 0.209. The van der Waals surface area contributed by atoms with Crippen LogP contribution in [0.5, 0.6) is 0 Å². The highest BCUT2D eigenvalue weighted by Gasteiger charge is 2.22. The van der Waals surface area contributed by atoms with E-state index in [9.17, 15) is 9.59 Å². The van der Waals surface area contributed by atoms with Gasteiger partial charge in [-0.2, -0.15) is 0 Å². The molecule has 0 unspecified atom stereocenters. The number of carbonyl (C=O) groups is 2. The quantitative estimate of drug-likeness (QED) is 0.898. The van der Waals surface area contributed by atoms with Crippen molar-refractivity contribution in [2.75, 3.05) is 43.0 Å². The van der Waals surface area contributed by atoms with Crippen molar-refractivity contribution < 1.29 is 18.7 Å². The largest absolute Gasteiger partial charge is 0.459 e. The van der Waals surface area contributed by atoms with E-state index in [1.165, 1.54) is 6.26 Å². The molecule has 9 heteroatoms. The monoisotopic (exact) mass is 345 g/mol. The van der Waals surface area contributed by atoms with Gasteiger partial charge in [0, 0.05) is 26.2 Å². The fourth-order valence-corrected chi connectivity index (χ4v) is 2.48. The van der Waals surface area contributed by atoms with E-state index in [2.05, 4.69) is 15.5 Å². The first-order valence-corrected chi connectivity index (χ1v) is 8.02. The highest BCUT2D eigenvalue weighted by Crippen LogP contribution is 2.15. The highest BCUT2D eigenvalue weighted by molar-refractivity contribution is 6.01. The van der Waals surface area contributed by atoms with Crippen molar-refractivity contribution in [3.05, 3.63) is 36.3 Å². The minimum atomic E-state index is -0.380. The summed E-state index contributed by atoms with van der Waals surface area (Å²) in [6.07, 6.45) is 1.14. The Hall–Kier alpha value is -3.10. The molecule has 2 aromatic heterocycles. The maximum atomic E-state index is 11.9. The van der Waals surface area contributed by atoms with E-state index < -0.39 is 0 Å². The number of furan rings is 1. The number of amides is 2. The number of hydrogen-bond acceptors (Lipinski definition) is 7. The van der Waals surface area contributed by atoms with E-state index in [-0.39, 0.29) is 17.8 Å². The molecule has 0 radical (unpaired) electrons. The van der Waals surface area contributed by atoms with Gasteiger partial charge >= 0.3 is 6.09 Å². The summed E-state index contributed by atoms with van der Waals surface area (Å²) in [7, 11) is 0. The molecule has 0 aromatic carbocycles. The lowest BCUT2D eigenvalue weighted by atomic mass is 10.3. The number of anilines is 2. The average Bonchev–Trinajstić information content (AvgIpc) is 3.18. The number of nitrogens with zero attached hydrogens (tertiary/aromatic N) is 4. The van der Waals surface area contributed by atoms with E-state index in [0.29, 0.717) is 44.4 Å². The zero-order valence-electron chi connectivity index (χ0n) is 13.8. The van der Waals surface area contributed by atoms with Gasteiger partial charge in [-0.05, 0) is 31.2 Å². The van der Waals surface area contributed by atoms with Gasteiger partial charge in [0.25, 0.3) is 5.91 Å². The lowest BCUT2D eigenvalue weighted by molar-refractivity contribution is 0.0995. The molecule has 2 amide bonds. The first-order chi connectivity index (χ1) is 12.2. The van der Waals surface area contributed by atoms with E-state index in [0.717, 1.165) is 0 Å². The molecular weight excluding hydrogens is 326 g/mol. The first-order valence-electron chi connectivity index (χ1n) is 8.02. The molecule has 1 saturated heterocycles. The summed E-state index contributed by atoms with van der Waals surface area (Å²) in [4.78, 5) is 27.3. The predicted molar refractivity (Wildman–Crippen MR) is 89.5 cm³/mol. The van der Waals surface area contributed by atoms with Crippen LogP contribution in [-0.2, 0) is 4.74 Å². The standard InChI is InChI=1S/C16H19N5O4/c1-2-24-16(23)21-9-7-20(8-10-21)14-6-5-13(18-19-14)17-15(22)12-4-3-11-25-12/h3-6,11H,2,7-10H2,1H3,(H,17,18,22). The van der Waals surface area contributed by atoms with E-state index >= 15 is 0 Å². The van der Waals surface area contributed by atoms with Crippen molar-refractivity contribution >= 4 is 23.6 Å². The number of nitrogens with one attached hydrogen (secondary N) is 1. The zero-order chi connectivity index (χ0) is 17.6. The lowest BCUT2D eigenvalue weighted by Gasteiger charge is -2.34. The van der Waals surface area contributed by atoms with Crippen LogP contribution in [0, 0.1) is 0 Å². The van der Waals surface area contributed by atoms with Gasteiger partial charge in [-0.1, -0.05) is 0 Å². The van der Waals surface area contributed by atoms with Crippen LogP contribution in [0.2, 0.25) is 0 Å². The molecular formula is C16H19N5O4. The van der Waals surface area contributed by atoms with E-state index in [1.807, 2.05) is 4.90 Å². The maximum Gasteiger partial charge on any atom is 0.409 e. The third kappa shape index (κ3) is 4.06. The van der Waals surface area contributed by atoms with Crippen molar-refractivity contribution in [2.45, 2.75) is 6.92 Å². The topological polar surface area (TPSA) is 101 Å². The third-order valence-corrected chi connectivity index (χ3v) is 3.77. The van der Waals surface area contributed by atoms with Crippen LogP contribution in [0.15, 0.2) is 34.9 Å². The fourth-order valence-electron chi connectivity index (χ4n) is 2.48. The number of rotatable bonds is 4. The van der Waals surface area contributed by atoms with Crippen molar-refractivity contribution in [1.82, 2.24) is 15.1 Å². The van der Waals surface area contributed by atoms with Crippen LogP contribution in [0.4, 0.5) is 16.4 Å². The Bertz CT molecular complexity index is 709. The molecule has 0 atom stereocenters. The van der Waals surface area contributed by atoms with Gasteiger partial charge in [0.05, 0.1) is 12.9 Å². The molecule has 1 fully saturated rings. The summed E-state index contributed by atoms with van der Waals surface area (Å²) in [5, 5.41) is 10.8. The summed E-state index contributed by atoms with van der Waals surface area (Å²) < 4.78 is 10.0. The molecule has 2 aromatic rings. The zero-order valence-corrected chi connectivity index (χ0v) is 13.8. The van der Waals surface area contributed by atoms with Crippen LogP contribution < -0.4 is 10.2 Å². The van der Waals surface area contributed by atoms with Crippen LogP contribution in [0.3, 0.4) is 0 Å². The minimum Gasteiger partial charge on any atom is -0.459 e. The molecule has 0 bridgehead atoms. The SMILES string of the molecule is CCOC(=O)N1CCN(c2ccc(NC(=O)c3ccco3)nn2)CC1. The number of piperazine rings is 1. The summed E-state index contributed by atoms with van der Waals surface area (Å²) in [6, 6.07) is 6.67. The number of aromatic nitrogens is 2. The fraction of sp³-hybridized carbons (Fsp3) is 0.375. The summed E-state index contributed by atoms with van der Waals surface area (Å²) in [5.41, 5.74) is 0. The molecule has 0 saturated carbocycles. The second-order valence-electron chi connectivity index (χ2n) is 5.38. The number of hydrogen-bond donors (Lipinski definition) is 1. The average molecular weight is 345 g/mol. The van der Waals surface area contributed by atoms with Gasteiger partial charge in [0.2, 0.25) is 0 Å². The Balaban J connectivity index is 1.54. The van der Waals surface area contributed by atoms with Crippen LogP contribution in [0.1, 0.15) is 17.5 Å². The Labute approximate surface area is 144 Å². The summed E-state index contributed by atoms with van der Waals surface area (Å²) in [6.45, 7) is 4.58. The molecule has 1 aliphatic heterocycles. The highest BCUT2D eigenvalue weighted by atomic mass is 16.6. The second kappa shape index (κ2) is 7.65. The second-order valence-corrected chi connectivity index (χ2v) is 5.38. The van der Waals surface area contributed by atoms with Crippen molar-refractivity contribution in [1.29, 1.82) is 0 Å². The van der Waals surface area contributed by atoms with E-state index in [4.69, 9.17) is 9.15 Å². The van der Waals surface area contributed by atoms with E-state index in [1.54, 1.807) is 36.1 Å². The Morgan fingerprint density at radius 3 is 2.60 bits per heavy atom. The number of ether oxygens (including phenoxy) is 1. The molecule has 1 N–H and O–H groups in total. The normalized spacial score (nSPS) is 14.3. The summed E-state index contributed by atoms with van der Waals surface area (Å²) in [5.74, 6) is 0.867.